The molecule has 0 aliphatic carbocycles. The van der Waals surface area contributed by atoms with Crippen LogP contribution in [0.3, 0.4) is 0 Å². The summed E-state index contributed by atoms with van der Waals surface area (Å²) in [6.07, 6.45) is 3.44. The van der Waals surface area contributed by atoms with Gasteiger partial charge in [-0.2, -0.15) is 5.26 Å². The summed E-state index contributed by atoms with van der Waals surface area (Å²) in [4.78, 5) is 17.2. The highest BCUT2D eigenvalue weighted by Gasteiger charge is 2.36. The minimum absolute atomic E-state index is 0.000728. The Hall–Kier alpha value is -3.12. The molecule has 0 saturated carbocycles. The van der Waals surface area contributed by atoms with Gasteiger partial charge in [0.15, 0.2) is 11.5 Å². The number of fused-ring (bicyclic) bond motifs is 2. The maximum absolute atomic E-state index is 11.1. The Morgan fingerprint density at radius 1 is 1.48 bits per heavy atom. The monoisotopic (exact) mass is 384 g/mol. The molecular weight excluding hydrogens is 368 g/mol. The lowest BCUT2D eigenvalue weighted by Gasteiger charge is -2.39. The van der Waals surface area contributed by atoms with E-state index in [2.05, 4.69) is 16.0 Å². The van der Waals surface area contributed by atoms with Crippen LogP contribution in [-0.2, 0) is 0 Å². The van der Waals surface area contributed by atoms with E-state index in [0.29, 0.717) is 16.5 Å². The minimum atomic E-state index is -0.561. The number of thiophene rings is 1. The molecule has 4 heterocycles. The lowest BCUT2D eigenvalue weighted by atomic mass is 9.84. The Kier molecular flexibility index (Phi) is 4.20. The maximum atomic E-state index is 11.1. The molecule has 9 heteroatoms. The highest BCUT2D eigenvalue weighted by molar-refractivity contribution is 7.20. The zero-order valence-electron chi connectivity index (χ0n) is 14.5. The first-order valence-corrected chi connectivity index (χ1v) is 9.26. The highest BCUT2D eigenvalue weighted by Crippen LogP contribution is 2.52. The van der Waals surface area contributed by atoms with E-state index < -0.39 is 4.92 Å². The molecule has 2 aromatic rings. The van der Waals surface area contributed by atoms with Gasteiger partial charge in [0.1, 0.15) is 11.1 Å². The van der Waals surface area contributed by atoms with Crippen molar-refractivity contribution in [3.05, 3.63) is 38.9 Å². The smallest absolute Gasteiger partial charge is 0.274 e. The standard InChI is InChI=1S/C18H16N4O4S/c1-26-14-7-12(22(24)25)6-11(16(14)23)9-20-17-13(8-19)15-10-2-4-21(5-3-10)18(15)27-17/h6-7,9-10,23H,2-5H2,1H3/b20-9+. The number of rotatable bonds is 4. The van der Waals surface area contributed by atoms with Gasteiger partial charge in [-0.1, -0.05) is 11.3 Å². The number of anilines is 1. The predicted octanol–water partition coefficient (Wildman–Crippen LogP) is 3.69. The average molecular weight is 384 g/mol. The third-order valence-electron chi connectivity index (χ3n) is 5.05. The quantitative estimate of drug-likeness (QED) is 0.489. The zero-order chi connectivity index (χ0) is 19.1. The fraction of sp³-hybridized carbons (Fsp3) is 0.333. The number of phenols is 1. The number of nitrogens with zero attached hydrogens (tertiary/aromatic N) is 4. The first-order chi connectivity index (χ1) is 13.0. The minimum Gasteiger partial charge on any atom is -0.504 e. The summed E-state index contributed by atoms with van der Waals surface area (Å²) in [5.74, 6) is 0.169. The summed E-state index contributed by atoms with van der Waals surface area (Å²) >= 11 is 1.45. The molecule has 1 aromatic carbocycles. The number of nitro groups is 1. The van der Waals surface area contributed by atoms with Crippen molar-refractivity contribution >= 4 is 33.2 Å². The molecular formula is C18H16N4O4S. The van der Waals surface area contributed by atoms with E-state index in [0.717, 1.165) is 42.6 Å². The maximum Gasteiger partial charge on any atom is 0.274 e. The Morgan fingerprint density at radius 3 is 2.85 bits per heavy atom. The molecule has 138 valence electrons. The van der Waals surface area contributed by atoms with Crippen molar-refractivity contribution in [2.45, 2.75) is 18.8 Å². The fourth-order valence-corrected chi connectivity index (χ4v) is 4.94. The van der Waals surface area contributed by atoms with Gasteiger partial charge in [-0.3, -0.25) is 10.1 Å². The van der Waals surface area contributed by atoms with Crippen LogP contribution in [0, 0.1) is 21.4 Å². The number of hydrogen-bond donors (Lipinski definition) is 1. The average Bonchev–Trinajstić information content (AvgIpc) is 3.08. The molecule has 5 rings (SSSR count). The van der Waals surface area contributed by atoms with Crippen LogP contribution in [0.2, 0.25) is 0 Å². The molecule has 0 radical (unpaired) electrons. The van der Waals surface area contributed by atoms with Crippen molar-refractivity contribution in [1.82, 2.24) is 0 Å². The Labute approximate surface area is 159 Å². The van der Waals surface area contributed by atoms with E-state index in [1.165, 1.54) is 30.7 Å². The number of nitro benzene ring substituents is 1. The molecule has 0 spiro atoms. The Bertz CT molecular complexity index is 1000. The van der Waals surface area contributed by atoms with E-state index in [1.54, 1.807) is 0 Å². The van der Waals surface area contributed by atoms with Crippen LogP contribution in [0.4, 0.5) is 15.7 Å². The van der Waals surface area contributed by atoms with Crippen LogP contribution in [0.15, 0.2) is 17.1 Å². The molecule has 3 aliphatic heterocycles. The number of hydrogen-bond acceptors (Lipinski definition) is 8. The summed E-state index contributed by atoms with van der Waals surface area (Å²) in [6.45, 7) is 1.99. The molecule has 2 bridgehead atoms. The van der Waals surface area contributed by atoms with Crippen molar-refractivity contribution in [1.29, 1.82) is 5.26 Å². The van der Waals surface area contributed by atoms with Gasteiger partial charge in [-0.05, 0) is 18.8 Å². The molecule has 0 amide bonds. The van der Waals surface area contributed by atoms with Gasteiger partial charge in [0, 0.05) is 36.5 Å². The van der Waals surface area contributed by atoms with Crippen LogP contribution in [0.25, 0.3) is 0 Å². The van der Waals surface area contributed by atoms with Gasteiger partial charge in [0.2, 0.25) is 0 Å². The molecule has 3 aliphatic rings. The number of aliphatic imine (C=N–C) groups is 1. The molecule has 1 saturated heterocycles. The van der Waals surface area contributed by atoms with Gasteiger partial charge >= 0.3 is 0 Å². The summed E-state index contributed by atoms with van der Waals surface area (Å²) < 4.78 is 5.00. The van der Waals surface area contributed by atoms with Gasteiger partial charge in [-0.25, -0.2) is 4.99 Å². The van der Waals surface area contributed by atoms with Gasteiger partial charge in [0.05, 0.1) is 28.7 Å². The van der Waals surface area contributed by atoms with Crippen LogP contribution in [0.5, 0.6) is 11.5 Å². The van der Waals surface area contributed by atoms with Crippen molar-refractivity contribution in [2.75, 3.05) is 25.1 Å². The normalized spacial score (nSPS) is 15.8. The van der Waals surface area contributed by atoms with Crippen molar-refractivity contribution < 1.29 is 14.8 Å². The predicted molar refractivity (Wildman–Crippen MR) is 102 cm³/mol. The van der Waals surface area contributed by atoms with Crippen molar-refractivity contribution in [2.24, 2.45) is 4.99 Å². The van der Waals surface area contributed by atoms with Crippen LogP contribution >= 0.6 is 11.3 Å². The summed E-state index contributed by atoms with van der Waals surface area (Å²) in [5.41, 5.74) is 1.60. The molecule has 27 heavy (non-hydrogen) atoms. The number of benzene rings is 1. The Morgan fingerprint density at radius 2 is 2.22 bits per heavy atom. The number of methoxy groups -OCH3 is 1. The number of nitriles is 1. The van der Waals surface area contributed by atoms with Crippen molar-refractivity contribution in [3.63, 3.8) is 0 Å². The summed E-state index contributed by atoms with van der Waals surface area (Å²) in [6, 6.07) is 4.65. The summed E-state index contributed by atoms with van der Waals surface area (Å²) in [5, 5.41) is 32.7. The largest absolute Gasteiger partial charge is 0.504 e. The second kappa shape index (κ2) is 6.55. The fourth-order valence-electron chi connectivity index (χ4n) is 3.71. The van der Waals surface area contributed by atoms with Crippen molar-refractivity contribution in [3.8, 4) is 17.6 Å². The SMILES string of the molecule is COc1cc([N+](=O)[O-])cc(/C=N/c2sc3c(c2C#N)C2CCN3CC2)c1O. The molecule has 0 unspecified atom stereocenters. The van der Waals surface area contributed by atoms with Gasteiger partial charge in [0.25, 0.3) is 5.69 Å². The lowest BCUT2D eigenvalue weighted by Crippen LogP contribution is -2.37. The number of ether oxygens (including phenoxy) is 1. The third-order valence-corrected chi connectivity index (χ3v) is 6.22. The van der Waals surface area contributed by atoms with Gasteiger partial charge in [-0.15, -0.1) is 0 Å². The highest BCUT2D eigenvalue weighted by atomic mass is 32.1. The number of phenolic OH excluding ortho intramolecular Hbond substituents is 1. The Balaban J connectivity index is 1.77. The topological polar surface area (TPSA) is 112 Å². The second-order valence-corrected chi connectivity index (χ2v) is 7.45. The zero-order valence-corrected chi connectivity index (χ0v) is 15.3. The number of aromatic hydroxyl groups is 1. The number of piperidine rings is 1. The van der Waals surface area contributed by atoms with E-state index in [-0.39, 0.29) is 22.7 Å². The lowest BCUT2D eigenvalue weighted by molar-refractivity contribution is -0.385. The van der Waals surface area contributed by atoms with E-state index >= 15 is 0 Å². The van der Waals surface area contributed by atoms with Crippen LogP contribution in [0.1, 0.15) is 35.4 Å². The molecule has 1 fully saturated rings. The van der Waals surface area contributed by atoms with E-state index in [9.17, 15) is 20.5 Å². The number of non-ortho nitro benzene ring substituents is 1. The van der Waals surface area contributed by atoms with E-state index in [1.807, 2.05) is 0 Å². The van der Waals surface area contributed by atoms with Gasteiger partial charge < -0.3 is 14.7 Å². The molecule has 0 atom stereocenters. The first-order valence-electron chi connectivity index (χ1n) is 8.44. The van der Waals surface area contributed by atoms with E-state index in [4.69, 9.17) is 4.74 Å². The molecule has 1 N–H and O–H groups in total. The summed E-state index contributed by atoms with van der Waals surface area (Å²) in [7, 11) is 1.32. The molecule has 1 aromatic heterocycles. The van der Waals surface area contributed by atoms with Crippen LogP contribution in [-0.4, -0.2) is 36.4 Å². The third kappa shape index (κ3) is 2.78. The second-order valence-electron chi connectivity index (χ2n) is 6.48. The molecule has 8 nitrogen and oxygen atoms in total. The van der Waals surface area contributed by atoms with Crippen LogP contribution < -0.4 is 9.64 Å². The first kappa shape index (κ1) is 17.3.